The molecule has 0 amide bonds. The number of ether oxygens (including phenoxy) is 2. The number of carbonyl (C=O) groups excluding carboxylic acids is 2. The molecule has 0 spiro atoms. The Morgan fingerprint density at radius 1 is 1.22 bits per heavy atom. The number of Topliss-reactive ketones (excluding diaryl/α,β-unsaturated/α-hetero) is 1. The third-order valence-electron chi connectivity index (χ3n) is 9.82. The van der Waals surface area contributed by atoms with Gasteiger partial charge < -0.3 is 19.7 Å². The first-order valence-corrected chi connectivity index (χ1v) is 11.6. The number of hydrogen-bond acceptors (Lipinski definition) is 6. The number of carbonyl (C=O) groups is 2. The molecule has 4 aliphatic carbocycles. The number of ketones is 2. The van der Waals surface area contributed by atoms with Crippen LogP contribution in [0.5, 0.6) is 0 Å². The second kappa shape index (κ2) is 6.17. The first-order chi connectivity index (χ1) is 14.7. The van der Waals surface area contributed by atoms with E-state index in [2.05, 4.69) is 0 Å². The van der Waals surface area contributed by atoms with Gasteiger partial charge in [-0.15, -0.1) is 0 Å². The molecule has 0 bridgehead atoms. The fourth-order valence-electron chi connectivity index (χ4n) is 8.54. The van der Waals surface area contributed by atoms with Gasteiger partial charge in [0.15, 0.2) is 28.6 Å². The van der Waals surface area contributed by atoms with Crippen LogP contribution in [0.2, 0.25) is 0 Å². The molecule has 8 atom stereocenters. The second-order valence-electron chi connectivity index (χ2n) is 11.6. The van der Waals surface area contributed by atoms with Crippen LogP contribution < -0.4 is 0 Å². The first-order valence-electron chi connectivity index (χ1n) is 11.6. The van der Waals surface area contributed by atoms with Gasteiger partial charge in [0.1, 0.15) is 6.61 Å². The van der Waals surface area contributed by atoms with Gasteiger partial charge in [-0.1, -0.05) is 25.5 Å². The summed E-state index contributed by atoms with van der Waals surface area (Å²) in [7, 11) is 0. The highest BCUT2D eigenvalue weighted by Gasteiger charge is 2.83. The summed E-state index contributed by atoms with van der Waals surface area (Å²) >= 11 is 0. The molecule has 2 N–H and O–H groups in total. The Morgan fingerprint density at radius 3 is 2.56 bits per heavy atom. The molecule has 32 heavy (non-hydrogen) atoms. The average molecular weight is 449 g/mol. The van der Waals surface area contributed by atoms with Crippen molar-refractivity contribution in [2.24, 2.45) is 22.2 Å². The molecule has 3 saturated carbocycles. The molecule has 0 radical (unpaired) electrons. The summed E-state index contributed by atoms with van der Waals surface area (Å²) < 4.78 is 30.0. The van der Waals surface area contributed by atoms with E-state index in [0.717, 1.165) is 0 Å². The summed E-state index contributed by atoms with van der Waals surface area (Å²) in [5.41, 5.74) is -5.83. The van der Waals surface area contributed by atoms with E-state index in [4.69, 9.17) is 9.47 Å². The standard InChI is InChI=1S/C25H33FO6/c1-20(2)31-19-11-16-22(4)8-6-14-10-15(28)7-9-21(14,3)25(22,26)17(29)12-23(16,5)24(19,32-20)18(30)13-27/h7,9-10,16-17,19,27,29H,6,8,11-13H2,1-5H3/t16-,17-,19+,21-,22-,23-,24+,25-/m0/s1. The number of aliphatic hydroxyl groups is 2. The monoisotopic (exact) mass is 448 g/mol. The third-order valence-corrected chi connectivity index (χ3v) is 9.82. The number of halogens is 1. The number of alkyl halides is 1. The maximum atomic E-state index is 17.5. The molecule has 1 heterocycles. The molecular weight excluding hydrogens is 415 g/mol. The normalized spacial score (nSPS) is 53.2. The van der Waals surface area contributed by atoms with Crippen molar-refractivity contribution in [3.8, 4) is 0 Å². The Balaban J connectivity index is 1.69. The van der Waals surface area contributed by atoms with E-state index in [1.807, 2.05) is 13.8 Å². The van der Waals surface area contributed by atoms with Crippen LogP contribution in [0.15, 0.2) is 23.8 Å². The second-order valence-corrected chi connectivity index (χ2v) is 11.6. The summed E-state index contributed by atoms with van der Waals surface area (Å²) in [5, 5.41) is 21.4. The number of hydrogen-bond donors (Lipinski definition) is 2. The summed E-state index contributed by atoms with van der Waals surface area (Å²) in [6, 6.07) is 0. The first kappa shape index (κ1) is 22.4. The van der Waals surface area contributed by atoms with Crippen LogP contribution >= 0.6 is 0 Å². The minimum absolute atomic E-state index is 0.00388. The van der Waals surface area contributed by atoms with Crippen LogP contribution in [0.4, 0.5) is 4.39 Å². The molecule has 0 aromatic heterocycles. The van der Waals surface area contributed by atoms with Gasteiger partial charge in [-0.3, -0.25) is 9.59 Å². The average Bonchev–Trinajstić information content (AvgIpc) is 3.12. The molecule has 1 aliphatic heterocycles. The van der Waals surface area contributed by atoms with E-state index in [-0.39, 0.29) is 18.1 Å². The molecule has 0 unspecified atom stereocenters. The fraction of sp³-hybridized carbons (Fsp3) is 0.760. The minimum atomic E-state index is -2.04. The minimum Gasteiger partial charge on any atom is -0.390 e. The molecule has 4 fully saturated rings. The lowest BCUT2D eigenvalue weighted by Gasteiger charge is -2.67. The third kappa shape index (κ3) is 2.19. The smallest absolute Gasteiger partial charge is 0.193 e. The Hall–Kier alpha value is -1.41. The Morgan fingerprint density at radius 2 is 1.91 bits per heavy atom. The summed E-state index contributed by atoms with van der Waals surface area (Å²) in [5.74, 6) is -2.00. The van der Waals surface area contributed by atoms with Gasteiger partial charge in [0.2, 0.25) is 0 Å². The summed E-state index contributed by atoms with van der Waals surface area (Å²) in [6.45, 7) is 8.29. The molecule has 6 nitrogen and oxygen atoms in total. The largest absolute Gasteiger partial charge is 0.390 e. The lowest BCUT2D eigenvalue weighted by atomic mass is 9.39. The fourth-order valence-corrected chi connectivity index (χ4v) is 8.54. The van der Waals surface area contributed by atoms with Gasteiger partial charge in [-0.2, -0.15) is 0 Å². The van der Waals surface area contributed by atoms with Crippen molar-refractivity contribution in [3.63, 3.8) is 0 Å². The maximum absolute atomic E-state index is 17.5. The SMILES string of the molecule is CC1(C)O[C@@H]2C[C@H]3[C@]4(C)CCC5=CC(=O)C=C[C@]5(C)[C@@]4(F)[C@@H](O)C[C@]3(C)[C@]2(C(=O)CO)O1. The van der Waals surface area contributed by atoms with Crippen molar-refractivity contribution in [1.29, 1.82) is 0 Å². The van der Waals surface area contributed by atoms with Gasteiger partial charge in [-0.25, -0.2) is 4.39 Å². The quantitative estimate of drug-likeness (QED) is 0.675. The number of rotatable bonds is 2. The van der Waals surface area contributed by atoms with Crippen LogP contribution in [0.1, 0.15) is 60.3 Å². The van der Waals surface area contributed by atoms with Crippen molar-refractivity contribution >= 4 is 11.6 Å². The summed E-state index contributed by atoms with van der Waals surface area (Å²) in [6.07, 6.45) is 3.86. The van der Waals surface area contributed by atoms with Gasteiger partial charge in [0, 0.05) is 16.2 Å². The van der Waals surface area contributed by atoms with Crippen LogP contribution in [-0.2, 0) is 19.1 Å². The molecular formula is C25H33FO6. The molecule has 0 aromatic rings. The van der Waals surface area contributed by atoms with Crippen molar-refractivity contribution in [3.05, 3.63) is 23.8 Å². The van der Waals surface area contributed by atoms with Gasteiger partial charge in [0.25, 0.3) is 0 Å². The van der Waals surface area contributed by atoms with Crippen LogP contribution in [0.25, 0.3) is 0 Å². The lowest BCUT2D eigenvalue weighted by Crippen LogP contribution is -2.73. The van der Waals surface area contributed by atoms with Crippen molar-refractivity contribution in [2.75, 3.05) is 6.61 Å². The lowest BCUT2D eigenvalue weighted by molar-refractivity contribution is -0.273. The predicted octanol–water partition coefficient (Wildman–Crippen LogP) is 2.81. The predicted molar refractivity (Wildman–Crippen MR) is 113 cm³/mol. The zero-order valence-electron chi connectivity index (χ0n) is 19.4. The van der Waals surface area contributed by atoms with E-state index in [1.165, 1.54) is 12.2 Å². The molecule has 5 aliphatic rings. The number of aliphatic hydroxyl groups excluding tert-OH is 2. The van der Waals surface area contributed by atoms with Gasteiger partial charge >= 0.3 is 0 Å². The van der Waals surface area contributed by atoms with Crippen LogP contribution in [-0.4, -0.2) is 57.7 Å². The Kier molecular flexibility index (Phi) is 4.32. The topological polar surface area (TPSA) is 93.1 Å². The van der Waals surface area contributed by atoms with E-state index >= 15 is 4.39 Å². The van der Waals surface area contributed by atoms with E-state index in [0.29, 0.717) is 24.8 Å². The highest BCUT2D eigenvalue weighted by Crippen LogP contribution is 2.76. The number of allylic oxidation sites excluding steroid dienone is 4. The van der Waals surface area contributed by atoms with Crippen LogP contribution in [0.3, 0.4) is 0 Å². The Labute approximate surface area is 187 Å². The van der Waals surface area contributed by atoms with Crippen LogP contribution in [0, 0.1) is 22.2 Å². The van der Waals surface area contributed by atoms with Crippen molar-refractivity contribution < 1.29 is 33.7 Å². The molecule has 0 aromatic carbocycles. The molecule has 176 valence electrons. The highest BCUT2D eigenvalue weighted by molar-refractivity contribution is 6.01. The summed E-state index contributed by atoms with van der Waals surface area (Å²) in [4.78, 5) is 25.3. The zero-order valence-corrected chi connectivity index (χ0v) is 19.4. The van der Waals surface area contributed by atoms with E-state index in [9.17, 15) is 19.8 Å². The van der Waals surface area contributed by atoms with Crippen molar-refractivity contribution in [2.45, 2.75) is 89.6 Å². The maximum Gasteiger partial charge on any atom is 0.193 e. The van der Waals surface area contributed by atoms with E-state index < -0.39 is 57.9 Å². The van der Waals surface area contributed by atoms with Crippen molar-refractivity contribution in [1.82, 2.24) is 0 Å². The molecule has 7 heteroatoms. The molecule has 5 rings (SSSR count). The van der Waals surface area contributed by atoms with Gasteiger partial charge in [0.05, 0.1) is 12.2 Å². The molecule has 1 saturated heterocycles. The van der Waals surface area contributed by atoms with Gasteiger partial charge in [-0.05, 0) is 64.5 Å². The zero-order chi connectivity index (χ0) is 23.5. The highest BCUT2D eigenvalue weighted by atomic mass is 19.1. The number of fused-ring (bicyclic) bond motifs is 7. The van der Waals surface area contributed by atoms with E-state index in [1.54, 1.807) is 26.8 Å². The Bertz CT molecular complexity index is 971.